The van der Waals surface area contributed by atoms with E-state index in [1.54, 1.807) is 32.7 Å². The zero-order valence-electron chi connectivity index (χ0n) is 9.78. The summed E-state index contributed by atoms with van der Waals surface area (Å²) in [5.74, 6) is -0.0468. The number of nitrogens with zero attached hydrogens (tertiary/aromatic N) is 3. The van der Waals surface area contributed by atoms with Crippen LogP contribution < -0.4 is 9.62 Å². The Hall–Kier alpha value is -2.14. The van der Waals surface area contributed by atoms with Gasteiger partial charge in [-0.1, -0.05) is 51.9 Å². The quantitative estimate of drug-likeness (QED) is 0.513. The molecule has 3 aromatic rings. The first-order chi connectivity index (χ1) is 8.75. The van der Waals surface area contributed by atoms with E-state index in [9.17, 15) is 5.11 Å². The minimum atomic E-state index is -0.0468. The van der Waals surface area contributed by atoms with Gasteiger partial charge in [0.2, 0.25) is 0 Å². The zero-order chi connectivity index (χ0) is 12.5. The fraction of sp³-hybridized carbons (Fsp3) is 0.0769. The van der Waals surface area contributed by atoms with Crippen LogP contribution in [-0.2, 0) is 0 Å². The van der Waals surface area contributed by atoms with Gasteiger partial charge >= 0.3 is 0 Å². The Morgan fingerprint density at radius 2 is 2.17 bits per heavy atom. The predicted octanol–water partition coefficient (Wildman–Crippen LogP) is 1.31. The molecule has 0 spiro atoms. The molecule has 0 radical (unpaired) electrons. The summed E-state index contributed by atoms with van der Waals surface area (Å²) < 4.78 is 3.40. The number of hydrogen-bond donors (Lipinski definition) is 0. The molecule has 4 nitrogen and oxygen atoms in total. The molecule has 3 rings (SSSR count). The second-order valence-corrected chi connectivity index (χ2v) is 4.83. The van der Waals surface area contributed by atoms with Crippen LogP contribution in [0.5, 0.6) is 0 Å². The highest BCUT2D eigenvalue weighted by Gasteiger charge is 2.14. The van der Waals surface area contributed by atoms with E-state index in [1.165, 1.54) is 6.20 Å². The van der Waals surface area contributed by atoms with E-state index in [1.807, 2.05) is 36.7 Å². The zero-order valence-corrected chi connectivity index (χ0v) is 10.6. The summed E-state index contributed by atoms with van der Waals surface area (Å²) in [5, 5.41) is 18.3. The highest BCUT2D eigenvalue weighted by Crippen LogP contribution is 2.13. The third-order valence-corrected chi connectivity index (χ3v) is 3.70. The minimum Gasteiger partial charge on any atom is -0.870 e. The molecule has 0 fully saturated rings. The molecule has 2 aromatic heterocycles. The SMILES string of the molecule is Cc1c2scc[n+]2nn1/C=C(\[O-])c1ccccc1. The molecule has 2 heterocycles. The molecule has 5 heteroatoms. The smallest absolute Gasteiger partial charge is 0.254 e. The van der Waals surface area contributed by atoms with Gasteiger partial charge in [-0.05, 0) is 5.56 Å². The van der Waals surface area contributed by atoms with E-state index in [0.29, 0.717) is 5.56 Å². The van der Waals surface area contributed by atoms with Crippen LogP contribution in [0, 0.1) is 6.92 Å². The fourth-order valence-corrected chi connectivity index (χ4v) is 2.55. The van der Waals surface area contributed by atoms with Gasteiger partial charge in [0.05, 0.1) is 0 Å². The molecule has 0 N–H and O–H groups in total. The molecule has 0 unspecified atom stereocenters. The summed E-state index contributed by atoms with van der Waals surface area (Å²) in [5.41, 5.74) is 1.63. The molecule has 0 amide bonds. The van der Waals surface area contributed by atoms with E-state index in [2.05, 4.69) is 5.21 Å². The van der Waals surface area contributed by atoms with Crippen LogP contribution >= 0.6 is 11.3 Å². The standard InChI is InChI=1S/C13H11N3OS/c1-10-13-15(7-8-18-13)14-16(10)9-12(17)11-5-3-2-4-6-11/h2-9H,1H3. The van der Waals surface area contributed by atoms with Crippen LogP contribution in [0.2, 0.25) is 0 Å². The molecule has 0 bridgehead atoms. The molecule has 90 valence electrons. The monoisotopic (exact) mass is 257 g/mol. The van der Waals surface area contributed by atoms with E-state index in [-0.39, 0.29) is 5.76 Å². The summed E-state index contributed by atoms with van der Waals surface area (Å²) in [4.78, 5) is 1.05. The molecule has 0 aliphatic carbocycles. The molecule has 0 saturated carbocycles. The van der Waals surface area contributed by atoms with Crippen molar-refractivity contribution in [2.24, 2.45) is 0 Å². The van der Waals surface area contributed by atoms with Gasteiger partial charge in [0, 0.05) is 12.3 Å². The van der Waals surface area contributed by atoms with Gasteiger partial charge in [-0.25, -0.2) is 0 Å². The van der Waals surface area contributed by atoms with Crippen molar-refractivity contribution in [2.75, 3.05) is 0 Å². The van der Waals surface area contributed by atoms with E-state index >= 15 is 0 Å². The summed E-state index contributed by atoms with van der Waals surface area (Å²) >= 11 is 1.61. The number of benzene rings is 1. The maximum Gasteiger partial charge on any atom is 0.254 e. The third-order valence-electron chi connectivity index (χ3n) is 2.73. The first-order valence-electron chi connectivity index (χ1n) is 5.54. The fourth-order valence-electron chi connectivity index (χ4n) is 1.78. The maximum absolute atomic E-state index is 12.0. The first-order valence-corrected chi connectivity index (χ1v) is 6.42. The maximum atomic E-state index is 12.0. The molecule has 0 aliphatic heterocycles. The Labute approximate surface area is 108 Å². The summed E-state index contributed by atoms with van der Waals surface area (Å²) in [6, 6.07) is 9.19. The van der Waals surface area contributed by atoms with Gasteiger partial charge < -0.3 is 5.11 Å². The number of fused-ring (bicyclic) bond motifs is 1. The van der Waals surface area contributed by atoms with Gasteiger partial charge in [0.25, 0.3) is 4.83 Å². The Morgan fingerprint density at radius 1 is 1.39 bits per heavy atom. The van der Waals surface area contributed by atoms with Crippen molar-refractivity contribution in [1.82, 2.24) is 9.90 Å². The van der Waals surface area contributed by atoms with Crippen LogP contribution in [0.25, 0.3) is 16.8 Å². The normalized spacial score (nSPS) is 12.2. The van der Waals surface area contributed by atoms with E-state index in [4.69, 9.17) is 0 Å². The molecular formula is C13H11N3OS. The molecule has 0 saturated heterocycles. The van der Waals surface area contributed by atoms with Crippen molar-refractivity contribution in [1.29, 1.82) is 0 Å². The lowest BCUT2D eigenvalue weighted by molar-refractivity contribution is -0.579. The lowest BCUT2D eigenvalue weighted by Gasteiger charge is -2.08. The topological polar surface area (TPSA) is 45.0 Å². The third kappa shape index (κ3) is 1.78. The number of thiazole rings is 1. The van der Waals surface area contributed by atoms with Gasteiger partial charge in [0.1, 0.15) is 17.6 Å². The number of aryl methyl sites for hydroxylation is 1. The number of hydrogen-bond acceptors (Lipinski definition) is 3. The Morgan fingerprint density at radius 3 is 2.89 bits per heavy atom. The van der Waals surface area contributed by atoms with Gasteiger partial charge in [0.15, 0.2) is 5.69 Å². The highest BCUT2D eigenvalue weighted by molar-refractivity contribution is 7.15. The summed E-state index contributed by atoms with van der Waals surface area (Å²) in [6.45, 7) is 1.95. The molecule has 0 atom stereocenters. The average molecular weight is 257 g/mol. The van der Waals surface area contributed by atoms with E-state index < -0.39 is 0 Å². The van der Waals surface area contributed by atoms with Crippen LogP contribution in [0.15, 0.2) is 41.9 Å². The first kappa shape index (κ1) is 11.0. The lowest BCUT2D eigenvalue weighted by atomic mass is 10.2. The summed E-state index contributed by atoms with van der Waals surface area (Å²) in [6.07, 6.45) is 3.40. The van der Waals surface area contributed by atoms with Crippen LogP contribution in [-0.4, -0.2) is 9.90 Å². The van der Waals surface area contributed by atoms with Gasteiger partial charge in [-0.3, -0.25) is 0 Å². The average Bonchev–Trinajstić information content (AvgIpc) is 2.95. The highest BCUT2D eigenvalue weighted by atomic mass is 32.1. The molecule has 1 aromatic carbocycles. The van der Waals surface area contributed by atoms with Crippen LogP contribution in [0.3, 0.4) is 0 Å². The molecule has 0 aliphatic rings. The predicted molar refractivity (Wildman–Crippen MR) is 68.6 cm³/mol. The van der Waals surface area contributed by atoms with Crippen molar-refractivity contribution >= 4 is 28.1 Å². The van der Waals surface area contributed by atoms with Crippen molar-refractivity contribution in [2.45, 2.75) is 6.92 Å². The van der Waals surface area contributed by atoms with Crippen molar-refractivity contribution in [3.8, 4) is 0 Å². The van der Waals surface area contributed by atoms with Crippen molar-refractivity contribution in [3.63, 3.8) is 0 Å². The minimum absolute atomic E-state index is 0.0468. The van der Waals surface area contributed by atoms with Gasteiger partial charge in [-0.2, -0.15) is 0 Å². The van der Waals surface area contributed by atoms with Crippen molar-refractivity contribution < 1.29 is 9.62 Å². The Balaban J connectivity index is 2.05. The van der Waals surface area contributed by atoms with Gasteiger partial charge in [-0.15, -0.1) is 4.68 Å². The largest absolute Gasteiger partial charge is 0.870 e. The second-order valence-electron chi connectivity index (χ2n) is 3.93. The second kappa shape index (κ2) is 4.27. The Bertz CT molecular complexity index is 712. The summed E-state index contributed by atoms with van der Waals surface area (Å²) in [7, 11) is 0. The number of rotatable bonds is 2. The van der Waals surface area contributed by atoms with Crippen LogP contribution in [0.1, 0.15) is 11.3 Å². The lowest BCUT2D eigenvalue weighted by Crippen LogP contribution is -2.20. The van der Waals surface area contributed by atoms with Crippen molar-refractivity contribution in [3.05, 3.63) is 53.2 Å². The van der Waals surface area contributed by atoms with E-state index in [0.717, 1.165) is 10.5 Å². The van der Waals surface area contributed by atoms with Crippen LogP contribution in [0.4, 0.5) is 0 Å². The molecule has 18 heavy (non-hydrogen) atoms. The number of aromatic nitrogens is 3. The Kier molecular flexibility index (Phi) is 2.60. The molecular weight excluding hydrogens is 246 g/mol.